The van der Waals surface area contributed by atoms with E-state index in [4.69, 9.17) is 4.98 Å². The summed E-state index contributed by atoms with van der Waals surface area (Å²) in [5.74, 6) is 1.55. The molecule has 0 fully saturated rings. The van der Waals surface area contributed by atoms with E-state index in [1.807, 2.05) is 31.2 Å². The number of thioether (sulfide) groups is 1. The van der Waals surface area contributed by atoms with Crippen LogP contribution in [0.4, 0.5) is 0 Å². The minimum atomic E-state index is -0.0399. The smallest absolute Gasteiger partial charge is 0.283 e. The average Bonchev–Trinajstić information content (AvgIpc) is 3.03. The number of fused-ring (bicyclic) bond motifs is 3. The number of aromatic nitrogens is 3. The highest BCUT2D eigenvalue weighted by Gasteiger charge is 2.18. The van der Waals surface area contributed by atoms with Crippen LogP contribution in [0.3, 0.4) is 0 Å². The van der Waals surface area contributed by atoms with Crippen molar-refractivity contribution in [2.75, 3.05) is 5.75 Å². The Labute approximate surface area is 169 Å². The first-order valence-electron chi connectivity index (χ1n) is 9.69. The molecule has 5 heteroatoms. The van der Waals surface area contributed by atoms with Gasteiger partial charge in [0.1, 0.15) is 11.0 Å². The maximum atomic E-state index is 13.6. The minimum Gasteiger partial charge on any atom is -0.349 e. The second kappa shape index (κ2) is 7.47. The molecule has 0 aliphatic carbocycles. The number of nitrogens with one attached hydrogen (secondary N) is 1. The van der Waals surface area contributed by atoms with Crippen LogP contribution in [0.15, 0.2) is 52.4 Å². The van der Waals surface area contributed by atoms with Crippen molar-refractivity contribution in [3.05, 3.63) is 63.9 Å². The van der Waals surface area contributed by atoms with Gasteiger partial charge in [-0.15, -0.1) is 0 Å². The number of para-hydroxylation sites is 1. The fraction of sp³-hybridized carbons (Fsp3) is 0.304. The van der Waals surface area contributed by atoms with Gasteiger partial charge in [0.15, 0.2) is 5.16 Å². The summed E-state index contributed by atoms with van der Waals surface area (Å²) in [7, 11) is 0. The molecule has 0 saturated carbocycles. The van der Waals surface area contributed by atoms with Crippen LogP contribution in [0.2, 0.25) is 0 Å². The summed E-state index contributed by atoms with van der Waals surface area (Å²) in [6.07, 6.45) is 1.08. The largest absolute Gasteiger partial charge is 0.349 e. The highest BCUT2D eigenvalue weighted by molar-refractivity contribution is 7.99. The zero-order valence-electron chi connectivity index (χ0n) is 16.7. The van der Waals surface area contributed by atoms with E-state index in [1.54, 1.807) is 16.3 Å². The number of aromatic amines is 1. The molecule has 0 bridgehead atoms. The predicted molar refractivity (Wildman–Crippen MR) is 119 cm³/mol. The molecule has 4 aromatic rings. The van der Waals surface area contributed by atoms with Gasteiger partial charge in [-0.25, -0.2) is 4.98 Å². The molecule has 0 spiro atoms. The quantitative estimate of drug-likeness (QED) is 0.355. The summed E-state index contributed by atoms with van der Waals surface area (Å²) < 4.78 is 1.78. The summed E-state index contributed by atoms with van der Waals surface area (Å²) in [5, 5.41) is 1.75. The summed E-state index contributed by atoms with van der Waals surface area (Å²) >= 11 is 1.66. The minimum absolute atomic E-state index is 0.0399. The van der Waals surface area contributed by atoms with Crippen molar-refractivity contribution in [3.8, 4) is 5.69 Å². The molecular formula is C23H25N3OS. The van der Waals surface area contributed by atoms with Crippen molar-refractivity contribution in [2.45, 2.75) is 39.3 Å². The van der Waals surface area contributed by atoms with Gasteiger partial charge < -0.3 is 4.98 Å². The number of aryl methyl sites for hydroxylation is 2. The summed E-state index contributed by atoms with van der Waals surface area (Å²) in [4.78, 5) is 21.8. The van der Waals surface area contributed by atoms with E-state index >= 15 is 0 Å². The molecular weight excluding hydrogens is 366 g/mol. The van der Waals surface area contributed by atoms with Crippen LogP contribution in [-0.2, 0) is 0 Å². The van der Waals surface area contributed by atoms with Gasteiger partial charge in [-0.3, -0.25) is 9.36 Å². The Balaban J connectivity index is 2.00. The van der Waals surface area contributed by atoms with Crippen LogP contribution in [0.5, 0.6) is 0 Å². The van der Waals surface area contributed by atoms with Crippen LogP contribution in [0.25, 0.3) is 27.6 Å². The lowest BCUT2D eigenvalue weighted by Crippen LogP contribution is -2.22. The molecule has 28 heavy (non-hydrogen) atoms. The van der Waals surface area contributed by atoms with Crippen molar-refractivity contribution in [1.29, 1.82) is 0 Å². The molecule has 0 radical (unpaired) electrons. The Bertz CT molecular complexity index is 1220. The van der Waals surface area contributed by atoms with E-state index in [2.05, 4.69) is 44.0 Å². The number of rotatable bonds is 5. The molecule has 2 heterocycles. The number of hydrogen-bond donors (Lipinski definition) is 1. The van der Waals surface area contributed by atoms with E-state index in [0.29, 0.717) is 11.4 Å². The summed E-state index contributed by atoms with van der Waals surface area (Å²) in [6.45, 7) is 8.52. The molecule has 0 amide bonds. The van der Waals surface area contributed by atoms with Crippen LogP contribution in [0, 0.1) is 19.8 Å². The first-order valence-corrected chi connectivity index (χ1v) is 10.7. The fourth-order valence-electron chi connectivity index (χ4n) is 3.40. The van der Waals surface area contributed by atoms with Crippen molar-refractivity contribution in [1.82, 2.24) is 14.5 Å². The number of nitrogens with zero attached hydrogens (tertiary/aromatic N) is 2. The Morgan fingerprint density at radius 3 is 2.71 bits per heavy atom. The van der Waals surface area contributed by atoms with E-state index < -0.39 is 0 Å². The van der Waals surface area contributed by atoms with Crippen LogP contribution >= 0.6 is 11.8 Å². The molecule has 0 aliphatic heterocycles. The first-order chi connectivity index (χ1) is 13.5. The van der Waals surface area contributed by atoms with Crippen LogP contribution < -0.4 is 5.56 Å². The second-order valence-electron chi connectivity index (χ2n) is 7.75. The Hall–Kier alpha value is -2.53. The monoisotopic (exact) mass is 391 g/mol. The number of benzene rings is 2. The number of H-pyrrole nitrogens is 1. The van der Waals surface area contributed by atoms with Crippen LogP contribution in [-0.4, -0.2) is 20.3 Å². The molecule has 0 aliphatic rings. The second-order valence-corrected chi connectivity index (χ2v) is 8.81. The summed E-state index contributed by atoms with van der Waals surface area (Å²) in [6, 6.07) is 14.2. The van der Waals surface area contributed by atoms with Gasteiger partial charge in [0.2, 0.25) is 0 Å². The lowest BCUT2D eigenvalue weighted by Gasteiger charge is -2.15. The van der Waals surface area contributed by atoms with Gasteiger partial charge in [0.05, 0.1) is 5.69 Å². The van der Waals surface area contributed by atoms with Gasteiger partial charge in [0, 0.05) is 16.7 Å². The molecule has 144 valence electrons. The predicted octanol–water partition coefficient (Wildman–Crippen LogP) is 5.62. The Morgan fingerprint density at radius 2 is 1.93 bits per heavy atom. The normalized spacial score (nSPS) is 11.8. The standard InChI is InChI=1S/C23H25N3OS/c1-14(2)11-12-28-23-25-20-17-7-5-6-8-18(17)24-21(20)22(27)26(23)19-13-15(3)9-10-16(19)4/h5-10,13-14,24H,11-12H2,1-4H3. The molecule has 4 nitrogen and oxygen atoms in total. The number of hydrogen-bond acceptors (Lipinski definition) is 3. The molecule has 0 saturated heterocycles. The van der Waals surface area contributed by atoms with E-state index in [9.17, 15) is 4.79 Å². The average molecular weight is 392 g/mol. The Kier molecular flexibility index (Phi) is 5.02. The highest BCUT2D eigenvalue weighted by atomic mass is 32.2. The van der Waals surface area contributed by atoms with E-state index in [0.717, 1.165) is 50.6 Å². The zero-order chi connectivity index (χ0) is 19.8. The van der Waals surface area contributed by atoms with Crippen LogP contribution in [0.1, 0.15) is 31.4 Å². The molecule has 2 aromatic carbocycles. The van der Waals surface area contributed by atoms with E-state index in [-0.39, 0.29) is 5.56 Å². The van der Waals surface area contributed by atoms with E-state index in [1.165, 1.54) is 0 Å². The zero-order valence-corrected chi connectivity index (χ0v) is 17.6. The molecule has 2 aromatic heterocycles. The Morgan fingerprint density at radius 1 is 1.14 bits per heavy atom. The summed E-state index contributed by atoms with van der Waals surface area (Å²) in [5.41, 5.74) is 5.33. The molecule has 0 unspecified atom stereocenters. The lowest BCUT2D eigenvalue weighted by molar-refractivity contribution is 0.631. The first kappa shape index (κ1) is 18.8. The van der Waals surface area contributed by atoms with Gasteiger partial charge in [-0.1, -0.05) is 55.9 Å². The SMILES string of the molecule is Cc1ccc(C)c(-n2c(SCCC(C)C)nc3c([nH]c4ccccc43)c2=O)c1. The van der Waals surface area contributed by atoms with Crippen molar-refractivity contribution >= 4 is 33.7 Å². The third kappa shape index (κ3) is 3.35. The third-order valence-corrected chi connectivity index (χ3v) is 6.00. The molecule has 1 N–H and O–H groups in total. The molecule has 4 rings (SSSR count). The third-order valence-electron chi connectivity index (χ3n) is 5.03. The van der Waals surface area contributed by atoms with Gasteiger partial charge >= 0.3 is 0 Å². The fourth-order valence-corrected chi connectivity index (χ4v) is 4.64. The highest BCUT2D eigenvalue weighted by Crippen LogP contribution is 2.28. The lowest BCUT2D eigenvalue weighted by atomic mass is 10.1. The van der Waals surface area contributed by atoms with Gasteiger partial charge in [-0.05, 0) is 49.4 Å². The van der Waals surface area contributed by atoms with Crippen molar-refractivity contribution in [2.24, 2.45) is 5.92 Å². The topological polar surface area (TPSA) is 50.7 Å². The van der Waals surface area contributed by atoms with Crippen molar-refractivity contribution < 1.29 is 0 Å². The van der Waals surface area contributed by atoms with Gasteiger partial charge in [-0.2, -0.15) is 0 Å². The maximum absolute atomic E-state index is 13.6. The maximum Gasteiger partial charge on any atom is 0.283 e. The molecule has 0 atom stereocenters. The van der Waals surface area contributed by atoms with Gasteiger partial charge in [0.25, 0.3) is 5.56 Å². The van der Waals surface area contributed by atoms with Crippen molar-refractivity contribution in [3.63, 3.8) is 0 Å².